The zero-order valence-corrected chi connectivity index (χ0v) is 12.4. The first-order valence-electron chi connectivity index (χ1n) is 7.18. The highest BCUT2D eigenvalue weighted by atomic mass is 35.5. The van der Waals surface area contributed by atoms with Crippen molar-refractivity contribution >= 4 is 11.6 Å². The first-order chi connectivity index (χ1) is 10.2. The maximum absolute atomic E-state index is 10.4. The summed E-state index contributed by atoms with van der Waals surface area (Å²) in [6.45, 7) is 1.53. The molecule has 1 N–H and O–H groups in total. The summed E-state index contributed by atoms with van der Waals surface area (Å²) in [5, 5.41) is 11.1. The van der Waals surface area contributed by atoms with Crippen molar-refractivity contribution in [2.45, 2.75) is 25.0 Å². The third-order valence-corrected chi connectivity index (χ3v) is 4.12. The van der Waals surface area contributed by atoms with Crippen LogP contribution in [0.15, 0.2) is 42.7 Å². The molecular formula is C16H18ClN3O. The molecule has 0 spiro atoms. The van der Waals surface area contributed by atoms with Crippen molar-refractivity contribution in [1.82, 2.24) is 14.9 Å². The summed E-state index contributed by atoms with van der Waals surface area (Å²) in [5.41, 5.74) is 0.849. The molecule has 0 saturated carbocycles. The van der Waals surface area contributed by atoms with Gasteiger partial charge in [-0.15, -0.1) is 0 Å². The van der Waals surface area contributed by atoms with E-state index >= 15 is 0 Å². The van der Waals surface area contributed by atoms with E-state index in [1.54, 1.807) is 12.4 Å². The van der Waals surface area contributed by atoms with E-state index < -0.39 is 6.10 Å². The van der Waals surface area contributed by atoms with Gasteiger partial charge in [0.25, 0.3) is 0 Å². The van der Waals surface area contributed by atoms with Crippen molar-refractivity contribution in [3.63, 3.8) is 0 Å². The minimum atomic E-state index is -0.548. The molecule has 1 aliphatic heterocycles. The molecule has 1 aliphatic rings. The number of aliphatic hydroxyl groups excluding tert-OH is 1. The summed E-state index contributed by atoms with van der Waals surface area (Å²) in [7, 11) is 0. The van der Waals surface area contributed by atoms with Gasteiger partial charge in [-0.05, 0) is 43.1 Å². The molecule has 1 aromatic heterocycles. The van der Waals surface area contributed by atoms with E-state index in [0.29, 0.717) is 11.6 Å². The van der Waals surface area contributed by atoms with Crippen LogP contribution < -0.4 is 0 Å². The lowest BCUT2D eigenvalue weighted by molar-refractivity contribution is 0.104. The summed E-state index contributed by atoms with van der Waals surface area (Å²) in [6.07, 6.45) is 5.13. The van der Waals surface area contributed by atoms with Gasteiger partial charge >= 0.3 is 0 Å². The van der Waals surface area contributed by atoms with E-state index in [1.807, 2.05) is 30.3 Å². The van der Waals surface area contributed by atoms with E-state index in [0.717, 1.165) is 30.8 Å². The smallest absolute Gasteiger partial charge is 0.145 e. The number of hydrogen-bond acceptors (Lipinski definition) is 4. The van der Waals surface area contributed by atoms with Crippen molar-refractivity contribution in [2.75, 3.05) is 13.1 Å². The Labute approximate surface area is 129 Å². The highest BCUT2D eigenvalue weighted by Gasteiger charge is 2.29. The highest BCUT2D eigenvalue weighted by molar-refractivity contribution is 6.30. The van der Waals surface area contributed by atoms with Crippen molar-refractivity contribution < 1.29 is 5.11 Å². The number of aliphatic hydroxyl groups is 1. The topological polar surface area (TPSA) is 49.2 Å². The average Bonchev–Trinajstić information content (AvgIpc) is 2.96. The molecule has 2 heterocycles. The van der Waals surface area contributed by atoms with E-state index in [9.17, 15) is 5.11 Å². The first kappa shape index (κ1) is 14.4. The molecule has 0 aliphatic carbocycles. The van der Waals surface area contributed by atoms with Crippen LogP contribution in [0.2, 0.25) is 5.02 Å². The van der Waals surface area contributed by atoms with E-state index in [-0.39, 0.29) is 6.04 Å². The minimum absolute atomic E-state index is 0.194. The molecule has 1 fully saturated rings. The third-order valence-electron chi connectivity index (χ3n) is 3.89. The Morgan fingerprint density at radius 3 is 2.86 bits per heavy atom. The molecule has 2 aromatic rings. The lowest BCUT2D eigenvalue weighted by atomic mass is 10.1. The first-order valence-corrected chi connectivity index (χ1v) is 7.56. The van der Waals surface area contributed by atoms with Crippen LogP contribution in [0.25, 0.3) is 0 Å². The van der Waals surface area contributed by atoms with Crippen LogP contribution in [-0.4, -0.2) is 33.1 Å². The maximum atomic E-state index is 10.4. The molecule has 110 valence electrons. The van der Waals surface area contributed by atoms with Crippen molar-refractivity contribution in [2.24, 2.45) is 0 Å². The molecule has 0 amide bonds. The van der Waals surface area contributed by atoms with Crippen LogP contribution in [0.3, 0.4) is 0 Å². The van der Waals surface area contributed by atoms with Gasteiger partial charge in [0.15, 0.2) is 0 Å². The fraction of sp³-hybridized carbons (Fsp3) is 0.375. The monoisotopic (exact) mass is 303 g/mol. The Bertz CT molecular complexity index is 593. The van der Waals surface area contributed by atoms with Gasteiger partial charge in [0.1, 0.15) is 5.82 Å². The quantitative estimate of drug-likeness (QED) is 0.943. The molecule has 21 heavy (non-hydrogen) atoms. The lowest BCUT2D eigenvalue weighted by Gasteiger charge is -2.26. The van der Waals surface area contributed by atoms with Crippen LogP contribution in [0.5, 0.6) is 0 Å². The van der Waals surface area contributed by atoms with Crippen molar-refractivity contribution in [1.29, 1.82) is 0 Å². The number of rotatable bonds is 4. The van der Waals surface area contributed by atoms with Crippen LogP contribution >= 0.6 is 11.6 Å². The Balaban J connectivity index is 1.72. The zero-order chi connectivity index (χ0) is 14.7. The van der Waals surface area contributed by atoms with Crippen LogP contribution in [0, 0.1) is 0 Å². The third kappa shape index (κ3) is 3.40. The molecule has 0 radical (unpaired) electrons. The molecular weight excluding hydrogens is 286 g/mol. The van der Waals surface area contributed by atoms with Gasteiger partial charge in [0, 0.05) is 24.0 Å². The predicted octanol–water partition coefficient (Wildman–Crippen LogP) is 3.00. The fourth-order valence-electron chi connectivity index (χ4n) is 2.86. The number of aromatic nitrogens is 2. The summed E-state index contributed by atoms with van der Waals surface area (Å²) in [5.74, 6) is 0.841. The number of hydrogen-bond donors (Lipinski definition) is 1. The van der Waals surface area contributed by atoms with Gasteiger partial charge in [-0.3, -0.25) is 4.90 Å². The van der Waals surface area contributed by atoms with Gasteiger partial charge in [0.05, 0.1) is 12.1 Å². The zero-order valence-electron chi connectivity index (χ0n) is 11.7. The van der Waals surface area contributed by atoms with Gasteiger partial charge in [-0.25, -0.2) is 9.97 Å². The molecule has 2 atom stereocenters. The summed E-state index contributed by atoms with van der Waals surface area (Å²) < 4.78 is 0. The molecule has 1 aromatic carbocycles. The Hall–Kier alpha value is -1.49. The second-order valence-electron chi connectivity index (χ2n) is 5.33. The number of benzene rings is 1. The Morgan fingerprint density at radius 2 is 2.10 bits per heavy atom. The summed E-state index contributed by atoms with van der Waals surface area (Å²) in [4.78, 5) is 11.0. The van der Waals surface area contributed by atoms with E-state index in [4.69, 9.17) is 11.6 Å². The second-order valence-corrected chi connectivity index (χ2v) is 5.77. The van der Waals surface area contributed by atoms with Gasteiger partial charge in [-0.1, -0.05) is 23.7 Å². The standard InChI is InChI=1S/C16H18ClN3O/c17-13-5-1-4-12(10-13)15(21)11-20-9-2-6-14(20)16-18-7-3-8-19-16/h1,3-5,7-8,10,14-15,21H,2,6,9,11H2. The van der Waals surface area contributed by atoms with Crippen LogP contribution in [-0.2, 0) is 0 Å². The van der Waals surface area contributed by atoms with Crippen molar-refractivity contribution in [3.8, 4) is 0 Å². The van der Waals surface area contributed by atoms with Crippen LogP contribution in [0.1, 0.15) is 36.4 Å². The lowest BCUT2D eigenvalue weighted by Crippen LogP contribution is -2.29. The Kier molecular flexibility index (Phi) is 4.48. The molecule has 4 nitrogen and oxygen atoms in total. The Morgan fingerprint density at radius 1 is 1.29 bits per heavy atom. The molecule has 0 bridgehead atoms. The number of halogens is 1. The number of likely N-dealkylation sites (tertiary alicyclic amines) is 1. The summed E-state index contributed by atoms with van der Waals surface area (Å²) in [6, 6.07) is 9.41. The molecule has 2 unspecified atom stereocenters. The summed E-state index contributed by atoms with van der Waals surface area (Å²) >= 11 is 5.99. The van der Waals surface area contributed by atoms with Crippen molar-refractivity contribution in [3.05, 3.63) is 59.1 Å². The minimum Gasteiger partial charge on any atom is -0.387 e. The van der Waals surface area contributed by atoms with Crippen LogP contribution in [0.4, 0.5) is 0 Å². The molecule has 3 rings (SSSR count). The fourth-order valence-corrected chi connectivity index (χ4v) is 3.06. The number of β-amino-alcohol motifs (C(OH)–C–C–N with tert-alkyl or cyclic N) is 1. The molecule has 5 heteroatoms. The predicted molar refractivity (Wildman–Crippen MR) is 82.0 cm³/mol. The number of nitrogens with zero attached hydrogens (tertiary/aromatic N) is 3. The average molecular weight is 304 g/mol. The van der Waals surface area contributed by atoms with Gasteiger partial charge in [0.2, 0.25) is 0 Å². The van der Waals surface area contributed by atoms with E-state index in [2.05, 4.69) is 14.9 Å². The second kappa shape index (κ2) is 6.52. The molecule has 1 saturated heterocycles. The largest absolute Gasteiger partial charge is 0.387 e. The van der Waals surface area contributed by atoms with Gasteiger partial charge < -0.3 is 5.11 Å². The highest BCUT2D eigenvalue weighted by Crippen LogP contribution is 2.31. The SMILES string of the molecule is OC(CN1CCCC1c1ncccn1)c1cccc(Cl)c1. The van der Waals surface area contributed by atoms with Gasteiger partial charge in [-0.2, -0.15) is 0 Å². The van der Waals surface area contributed by atoms with E-state index in [1.165, 1.54) is 0 Å². The normalized spacial score (nSPS) is 20.6. The maximum Gasteiger partial charge on any atom is 0.145 e.